The van der Waals surface area contributed by atoms with Crippen LogP contribution in [0.1, 0.15) is 52.4 Å². The molecule has 0 bridgehead atoms. The number of nitrogens with one attached hydrogen (secondary N) is 1. The van der Waals surface area contributed by atoms with Crippen molar-refractivity contribution in [2.75, 3.05) is 6.54 Å². The highest BCUT2D eigenvalue weighted by Crippen LogP contribution is 2.41. The summed E-state index contributed by atoms with van der Waals surface area (Å²) in [5.74, 6) is -1.11. The van der Waals surface area contributed by atoms with Gasteiger partial charge in [-0.25, -0.2) is 9.18 Å². The van der Waals surface area contributed by atoms with Crippen molar-refractivity contribution < 1.29 is 19.0 Å². The number of benzene rings is 4. The lowest BCUT2D eigenvalue weighted by molar-refractivity contribution is 0.0696. The molecule has 2 N–H and O–H groups in total. The third-order valence-electron chi connectivity index (χ3n) is 6.65. The van der Waals surface area contributed by atoms with Crippen LogP contribution in [0.25, 0.3) is 10.8 Å². The van der Waals surface area contributed by atoms with Gasteiger partial charge in [-0.3, -0.25) is 0 Å². The van der Waals surface area contributed by atoms with Gasteiger partial charge in [0.15, 0.2) is 0 Å². The molecule has 0 radical (unpaired) electrons. The molecule has 1 heterocycles. The van der Waals surface area contributed by atoms with E-state index in [9.17, 15) is 14.3 Å². The molecule has 0 spiro atoms. The summed E-state index contributed by atoms with van der Waals surface area (Å²) in [6.07, 6.45) is 0.436. The maximum atomic E-state index is 15.0. The van der Waals surface area contributed by atoms with Crippen molar-refractivity contribution in [2.45, 2.75) is 31.4 Å². The highest BCUT2D eigenvalue weighted by atomic mass is 19.1. The van der Waals surface area contributed by atoms with Crippen LogP contribution in [0.3, 0.4) is 0 Å². The first kappa shape index (κ1) is 22.1. The summed E-state index contributed by atoms with van der Waals surface area (Å²) in [6, 6.07) is 26.6. The van der Waals surface area contributed by atoms with Crippen molar-refractivity contribution in [1.29, 1.82) is 0 Å². The van der Waals surface area contributed by atoms with Crippen molar-refractivity contribution >= 4 is 16.7 Å². The molecule has 0 fully saturated rings. The lowest BCUT2D eigenvalue weighted by Gasteiger charge is -2.33. The Balaban J connectivity index is 1.38. The van der Waals surface area contributed by atoms with Crippen LogP contribution in [0.5, 0.6) is 5.75 Å². The zero-order chi connectivity index (χ0) is 23.7. The summed E-state index contributed by atoms with van der Waals surface area (Å²) in [5.41, 5.74) is 2.58. The number of carboxylic acids is 1. The fourth-order valence-electron chi connectivity index (χ4n) is 4.90. The molecule has 34 heavy (non-hydrogen) atoms. The minimum absolute atomic E-state index is 0.0521. The lowest BCUT2D eigenvalue weighted by atomic mass is 9.83. The quantitative estimate of drug-likeness (QED) is 0.358. The minimum Gasteiger partial charge on any atom is -0.489 e. The first-order valence-corrected chi connectivity index (χ1v) is 11.5. The maximum absolute atomic E-state index is 15.0. The van der Waals surface area contributed by atoms with Crippen LogP contribution in [0.2, 0.25) is 0 Å². The van der Waals surface area contributed by atoms with Crippen LogP contribution in [0, 0.1) is 5.82 Å². The van der Waals surface area contributed by atoms with Gasteiger partial charge in [0, 0.05) is 24.1 Å². The SMILES string of the molecule is CC(NC[C@H]1C[C@@H](c2ccc(C(=O)O)cc2F)c2ccccc2O1)c1cccc2ccccc12. The summed E-state index contributed by atoms with van der Waals surface area (Å²) in [4.78, 5) is 11.2. The molecular formula is C29H26FNO3. The van der Waals surface area contributed by atoms with Gasteiger partial charge in [-0.05, 0) is 53.4 Å². The number of hydrogen-bond donors (Lipinski definition) is 2. The Hall–Kier alpha value is -3.70. The van der Waals surface area contributed by atoms with Gasteiger partial charge in [-0.15, -0.1) is 0 Å². The van der Waals surface area contributed by atoms with Gasteiger partial charge in [0.05, 0.1) is 5.56 Å². The number of fused-ring (bicyclic) bond motifs is 2. The molecule has 0 saturated heterocycles. The van der Waals surface area contributed by atoms with Gasteiger partial charge < -0.3 is 15.2 Å². The largest absolute Gasteiger partial charge is 0.489 e. The lowest BCUT2D eigenvalue weighted by Crippen LogP contribution is -2.37. The van der Waals surface area contributed by atoms with Gasteiger partial charge in [0.25, 0.3) is 0 Å². The van der Waals surface area contributed by atoms with E-state index in [4.69, 9.17) is 4.74 Å². The van der Waals surface area contributed by atoms with E-state index < -0.39 is 11.8 Å². The Labute approximate surface area is 198 Å². The number of carbonyl (C=O) groups is 1. The standard InChI is InChI=1S/C29H26FNO3/c1-18(22-11-6-8-19-7-2-3-9-23(19)22)31-17-21-16-26(25-10-4-5-12-28(25)34-21)24-14-13-20(29(32)33)15-27(24)30/h2-15,18,21,26,31H,16-17H2,1H3,(H,32,33)/t18?,21-,26+/m1/s1. The van der Waals surface area contributed by atoms with Gasteiger partial charge in [0.1, 0.15) is 17.7 Å². The number of halogens is 1. The summed E-state index contributed by atoms with van der Waals surface area (Å²) >= 11 is 0. The molecule has 5 heteroatoms. The third-order valence-corrected chi connectivity index (χ3v) is 6.65. The predicted molar refractivity (Wildman–Crippen MR) is 131 cm³/mol. The van der Waals surface area contributed by atoms with Crippen molar-refractivity contribution in [3.05, 3.63) is 113 Å². The van der Waals surface area contributed by atoms with Crippen molar-refractivity contribution in [3.63, 3.8) is 0 Å². The monoisotopic (exact) mass is 455 g/mol. The summed E-state index contributed by atoms with van der Waals surface area (Å²) in [5, 5.41) is 15.2. The molecule has 4 nitrogen and oxygen atoms in total. The van der Waals surface area contributed by atoms with E-state index >= 15 is 0 Å². The fraction of sp³-hybridized carbons (Fsp3) is 0.207. The molecule has 172 valence electrons. The van der Waals surface area contributed by atoms with Crippen LogP contribution in [0.15, 0.2) is 84.9 Å². The van der Waals surface area contributed by atoms with E-state index in [1.807, 2.05) is 30.3 Å². The smallest absolute Gasteiger partial charge is 0.335 e. The Morgan fingerprint density at radius 1 is 1.03 bits per heavy atom. The van der Waals surface area contributed by atoms with Crippen LogP contribution < -0.4 is 10.1 Å². The predicted octanol–water partition coefficient (Wildman–Crippen LogP) is 6.31. The van der Waals surface area contributed by atoms with Crippen molar-refractivity contribution in [2.24, 2.45) is 0 Å². The number of hydrogen-bond acceptors (Lipinski definition) is 3. The zero-order valence-electron chi connectivity index (χ0n) is 18.9. The van der Waals surface area contributed by atoms with Crippen LogP contribution in [0.4, 0.5) is 4.39 Å². The topological polar surface area (TPSA) is 58.6 Å². The minimum atomic E-state index is -1.14. The van der Waals surface area contributed by atoms with E-state index in [2.05, 4.69) is 48.6 Å². The second-order valence-corrected chi connectivity index (χ2v) is 8.81. The average Bonchev–Trinajstić information content (AvgIpc) is 2.86. The second kappa shape index (κ2) is 9.27. The molecular weight excluding hydrogens is 429 g/mol. The molecule has 0 saturated carbocycles. The molecule has 4 aromatic rings. The van der Waals surface area contributed by atoms with Crippen molar-refractivity contribution in [3.8, 4) is 5.75 Å². The summed E-state index contributed by atoms with van der Waals surface area (Å²) < 4.78 is 21.3. The van der Waals surface area contributed by atoms with Crippen molar-refractivity contribution in [1.82, 2.24) is 5.32 Å². The van der Waals surface area contributed by atoms with E-state index in [0.717, 1.165) is 17.4 Å². The van der Waals surface area contributed by atoms with Gasteiger partial charge >= 0.3 is 5.97 Å². The molecule has 1 unspecified atom stereocenters. The Kier molecular flexibility index (Phi) is 6.03. The summed E-state index contributed by atoms with van der Waals surface area (Å²) in [7, 11) is 0. The highest BCUT2D eigenvalue weighted by Gasteiger charge is 2.31. The third kappa shape index (κ3) is 4.27. The van der Waals surface area contributed by atoms with E-state index in [1.165, 1.54) is 22.4 Å². The van der Waals surface area contributed by atoms with E-state index in [1.54, 1.807) is 6.07 Å². The molecule has 0 aliphatic carbocycles. The van der Waals surface area contributed by atoms with E-state index in [-0.39, 0.29) is 23.6 Å². The number of carboxylic acid groups (broad SMARTS) is 1. The summed E-state index contributed by atoms with van der Waals surface area (Å²) in [6.45, 7) is 2.74. The van der Waals surface area contributed by atoms with Crippen LogP contribution in [-0.4, -0.2) is 23.7 Å². The first-order valence-electron chi connectivity index (χ1n) is 11.5. The Bertz CT molecular complexity index is 1350. The number of aromatic carboxylic acids is 1. The Morgan fingerprint density at radius 3 is 2.62 bits per heavy atom. The highest BCUT2D eigenvalue weighted by molar-refractivity contribution is 5.87. The maximum Gasteiger partial charge on any atom is 0.335 e. The normalized spacial score (nSPS) is 18.2. The molecule has 0 amide bonds. The fourth-order valence-corrected chi connectivity index (χ4v) is 4.90. The van der Waals surface area contributed by atoms with Gasteiger partial charge in [0.2, 0.25) is 0 Å². The Morgan fingerprint density at radius 2 is 1.79 bits per heavy atom. The second-order valence-electron chi connectivity index (χ2n) is 8.81. The molecule has 1 aliphatic heterocycles. The molecule has 3 atom stereocenters. The molecule has 0 aromatic heterocycles. The first-order chi connectivity index (χ1) is 16.5. The van der Waals surface area contributed by atoms with E-state index in [0.29, 0.717) is 18.5 Å². The average molecular weight is 456 g/mol. The zero-order valence-corrected chi connectivity index (χ0v) is 18.9. The molecule has 1 aliphatic rings. The van der Waals surface area contributed by atoms with Crippen LogP contribution >= 0.6 is 0 Å². The number of ether oxygens (including phenoxy) is 1. The van der Waals surface area contributed by atoms with Gasteiger partial charge in [-0.2, -0.15) is 0 Å². The number of rotatable bonds is 6. The van der Waals surface area contributed by atoms with Gasteiger partial charge in [-0.1, -0.05) is 66.7 Å². The molecule has 5 rings (SSSR count). The number of para-hydroxylation sites is 1. The molecule has 4 aromatic carbocycles. The van der Waals surface area contributed by atoms with Crippen LogP contribution in [-0.2, 0) is 0 Å².